The molecule has 1 aromatic heterocycles. The van der Waals surface area contributed by atoms with Crippen LogP contribution < -0.4 is 4.74 Å². The SMILES string of the molecule is C1=CC2=C(CC1)C1(c3ccccc3Oc3ccc(-c4cnc5c(-c6ccccc6)cccc5n4)cc31)C1CCC=CC21. The van der Waals surface area contributed by atoms with Crippen molar-refractivity contribution in [1.82, 2.24) is 9.97 Å². The lowest BCUT2D eigenvalue weighted by Gasteiger charge is -2.46. The largest absolute Gasteiger partial charge is 0.457 e. The van der Waals surface area contributed by atoms with Crippen molar-refractivity contribution < 1.29 is 4.74 Å². The molecule has 3 nitrogen and oxygen atoms in total. The Labute approximate surface area is 245 Å². The standard InChI is InChI=1S/C39H30N2O/c1-2-11-25(12-3-1)27-15-10-19-34-38(27)40-24-35(41-34)26-21-22-37-33(23-26)39(32-18-8-9-20-36(32)42-37)30-16-6-4-13-28(30)29-14-5-7-17-31(29)39/h1-5,8-15,18-24,28,30H,6-7,16-17H2. The average Bonchev–Trinajstić information content (AvgIpc) is 3.35. The highest BCUT2D eigenvalue weighted by Crippen LogP contribution is 2.66. The van der Waals surface area contributed by atoms with Gasteiger partial charge in [0.2, 0.25) is 0 Å². The molecule has 3 aliphatic carbocycles. The summed E-state index contributed by atoms with van der Waals surface area (Å²) in [5, 5.41) is 0. The van der Waals surface area contributed by atoms with Crippen LogP contribution in [0.25, 0.3) is 33.4 Å². The van der Waals surface area contributed by atoms with E-state index in [-0.39, 0.29) is 5.41 Å². The molecule has 0 bridgehead atoms. The second-order valence-electron chi connectivity index (χ2n) is 11.9. The lowest BCUT2D eigenvalue weighted by molar-refractivity contribution is 0.287. The van der Waals surface area contributed by atoms with Crippen LogP contribution in [0.2, 0.25) is 0 Å². The van der Waals surface area contributed by atoms with E-state index >= 15 is 0 Å². The van der Waals surface area contributed by atoms with E-state index in [9.17, 15) is 0 Å². The van der Waals surface area contributed by atoms with Crippen molar-refractivity contribution in [3.8, 4) is 33.9 Å². The van der Waals surface area contributed by atoms with E-state index < -0.39 is 0 Å². The second kappa shape index (κ2) is 9.12. The Bertz CT molecular complexity index is 1990. The molecule has 1 aliphatic heterocycles. The molecular weight excluding hydrogens is 512 g/mol. The minimum Gasteiger partial charge on any atom is -0.457 e. The number of fused-ring (bicyclic) bond motifs is 9. The number of para-hydroxylation sites is 2. The summed E-state index contributed by atoms with van der Waals surface area (Å²) < 4.78 is 6.65. The molecule has 4 aromatic carbocycles. The number of aromatic nitrogens is 2. The summed E-state index contributed by atoms with van der Waals surface area (Å²) in [5.41, 5.74) is 11.6. The van der Waals surface area contributed by atoms with E-state index in [1.165, 1.54) is 16.7 Å². The van der Waals surface area contributed by atoms with Crippen molar-refractivity contribution in [1.29, 1.82) is 0 Å². The monoisotopic (exact) mass is 542 g/mol. The number of nitrogens with zero attached hydrogens (tertiary/aromatic N) is 2. The van der Waals surface area contributed by atoms with Gasteiger partial charge in [0.15, 0.2) is 0 Å². The molecule has 9 rings (SSSR count). The van der Waals surface area contributed by atoms with Crippen molar-refractivity contribution in [3.63, 3.8) is 0 Å². The highest BCUT2D eigenvalue weighted by molar-refractivity contribution is 5.92. The van der Waals surface area contributed by atoms with Gasteiger partial charge in [0, 0.05) is 28.2 Å². The van der Waals surface area contributed by atoms with Gasteiger partial charge in [-0.15, -0.1) is 0 Å². The van der Waals surface area contributed by atoms with Gasteiger partial charge in [0.05, 0.1) is 28.3 Å². The predicted molar refractivity (Wildman–Crippen MR) is 168 cm³/mol. The molecule has 1 spiro atoms. The number of hydrogen-bond donors (Lipinski definition) is 0. The van der Waals surface area contributed by atoms with E-state index in [4.69, 9.17) is 14.7 Å². The molecule has 3 unspecified atom stereocenters. The molecule has 0 saturated carbocycles. The predicted octanol–water partition coefficient (Wildman–Crippen LogP) is 9.60. The third-order valence-corrected chi connectivity index (χ3v) is 9.91. The summed E-state index contributed by atoms with van der Waals surface area (Å²) in [7, 11) is 0. The maximum atomic E-state index is 6.65. The summed E-state index contributed by atoms with van der Waals surface area (Å²) in [6, 6.07) is 32.1. The lowest BCUT2D eigenvalue weighted by atomic mass is 9.59. The molecule has 42 heavy (non-hydrogen) atoms. The number of ether oxygens (including phenoxy) is 1. The normalized spacial score (nSPS) is 23.3. The second-order valence-corrected chi connectivity index (χ2v) is 11.9. The zero-order valence-electron chi connectivity index (χ0n) is 23.3. The summed E-state index contributed by atoms with van der Waals surface area (Å²) in [6.45, 7) is 0. The highest BCUT2D eigenvalue weighted by Gasteiger charge is 2.57. The lowest BCUT2D eigenvalue weighted by Crippen LogP contribution is -2.40. The van der Waals surface area contributed by atoms with Crippen molar-refractivity contribution in [2.75, 3.05) is 0 Å². The Balaban J connectivity index is 1.25. The van der Waals surface area contributed by atoms with Gasteiger partial charge in [-0.05, 0) is 73.1 Å². The van der Waals surface area contributed by atoms with Gasteiger partial charge in [-0.1, -0.05) is 90.5 Å². The first-order valence-corrected chi connectivity index (χ1v) is 15.1. The molecule has 202 valence electrons. The van der Waals surface area contributed by atoms with E-state index in [2.05, 4.69) is 109 Å². The van der Waals surface area contributed by atoms with Gasteiger partial charge in [-0.25, -0.2) is 4.98 Å². The first-order chi connectivity index (χ1) is 20.8. The van der Waals surface area contributed by atoms with Gasteiger partial charge in [0.1, 0.15) is 11.5 Å². The van der Waals surface area contributed by atoms with Gasteiger partial charge in [0.25, 0.3) is 0 Å². The van der Waals surface area contributed by atoms with Crippen LogP contribution in [-0.2, 0) is 5.41 Å². The Morgan fingerprint density at radius 3 is 2.60 bits per heavy atom. The van der Waals surface area contributed by atoms with Crippen LogP contribution in [0.4, 0.5) is 0 Å². The zero-order valence-corrected chi connectivity index (χ0v) is 23.3. The zero-order chi connectivity index (χ0) is 27.7. The minimum atomic E-state index is -0.208. The Morgan fingerprint density at radius 1 is 0.762 bits per heavy atom. The Morgan fingerprint density at radius 2 is 1.64 bits per heavy atom. The molecule has 5 aromatic rings. The molecule has 3 heteroatoms. The number of hydrogen-bond acceptors (Lipinski definition) is 3. The Hall–Kier alpha value is -4.76. The molecule has 0 radical (unpaired) electrons. The van der Waals surface area contributed by atoms with Crippen LogP contribution in [0.15, 0.2) is 133 Å². The third-order valence-electron chi connectivity index (χ3n) is 9.91. The van der Waals surface area contributed by atoms with E-state index in [0.29, 0.717) is 11.8 Å². The maximum absolute atomic E-state index is 6.65. The summed E-state index contributed by atoms with van der Waals surface area (Å²) >= 11 is 0. The van der Waals surface area contributed by atoms with Crippen molar-refractivity contribution in [2.24, 2.45) is 11.8 Å². The molecule has 0 saturated heterocycles. The molecule has 3 atom stereocenters. The smallest absolute Gasteiger partial charge is 0.131 e. The van der Waals surface area contributed by atoms with Gasteiger partial charge < -0.3 is 4.74 Å². The van der Waals surface area contributed by atoms with Crippen LogP contribution >= 0.6 is 0 Å². The molecule has 0 amide bonds. The Kier molecular flexibility index (Phi) is 5.19. The van der Waals surface area contributed by atoms with Crippen LogP contribution in [0.1, 0.15) is 36.8 Å². The average molecular weight is 543 g/mol. The highest BCUT2D eigenvalue weighted by atomic mass is 16.5. The molecule has 0 N–H and O–H groups in total. The summed E-state index contributed by atoms with van der Waals surface area (Å²) in [4.78, 5) is 10.1. The van der Waals surface area contributed by atoms with Gasteiger partial charge in [-0.3, -0.25) is 4.98 Å². The van der Waals surface area contributed by atoms with E-state index in [1.54, 1.807) is 5.57 Å². The number of allylic oxidation sites excluding steroid dienone is 6. The van der Waals surface area contributed by atoms with Crippen molar-refractivity contribution in [2.45, 2.75) is 31.1 Å². The third kappa shape index (κ3) is 3.28. The molecule has 4 aliphatic rings. The minimum absolute atomic E-state index is 0.208. The van der Waals surface area contributed by atoms with Gasteiger partial charge in [-0.2, -0.15) is 0 Å². The summed E-state index contributed by atoms with van der Waals surface area (Å²) in [6.07, 6.45) is 16.1. The maximum Gasteiger partial charge on any atom is 0.131 e. The quantitative estimate of drug-likeness (QED) is 0.208. The van der Waals surface area contributed by atoms with Crippen LogP contribution in [0.3, 0.4) is 0 Å². The number of benzene rings is 4. The first kappa shape index (κ1) is 23.9. The van der Waals surface area contributed by atoms with Crippen molar-refractivity contribution >= 4 is 11.0 Å². The first-order valence-electron chi connectivity index (χ1n) is 15.1. The van der Waals surface area contributed by atoms with E-state index in [0.717, 1.165) is 70.6 Å². The molecule has 2 heterocycles. The number of rotatable bonds is 2. The van der Waals surface area contributed by atoms with Crippen LogP contribution in [-0.4, -0.2) is 9.97 Å². The fraction of sp³-hybridized carbons (Fsp3) is 0.179. The van der Waals surface area contributed by atoms with Crippen molar-refractivity contribution in [3.05, 3.63) is 144 Å². The topological polar surface area (TPSA) is 35.0 Å². The van der Waals surface area contributed by atoms with Gasteiger partial charge >= 0.3 is 0 Å². The van der Waals surface area contributed by atoms with E-state index in [1.807, 2.05) is 12.3 Å². The fourth-order valence-corrected chi connectivity index (χ4v) is 8.27. The summed E-state index contributed by atoms with van der Waals surface area (Å²) in [5.74, 6) is 2.86. The molecule has 0 fully saturated rings. The molecular formula is C39H30N2O. The van der Waals surface area contributed by atoms with Crippen LogP contribution in [0.5, 0.6) is 11.5 Å². The fourth-order valence-electron chi connectivity index (χ4n) is 8.27. The van der Waals surface area contributed by atoms with Crippen LogP contribution in [0, 0.1) is 11.8 Å².